The van der Waals surface area contributed by atoms with E-state index in [0.29, 0.717) is 0 Å². The summed E-state index contributed by atoms with van der Waals surface area (Å²) >= 11 is 0. The predicted molar refractivity (Wildman–Crippen MR) is 202 cm³/mol. The Bertz CT molecular complexity index is 2560. The highest BCUT2D eigenvalue weighted by molar-refractivity contribution is 6.07. The molecule has 0 amide bonds. The zero-order chi connectivity index (χ0) is 31.9. The third-order valence-corrected chi connectivity index (χ3v) is 9.27. The normalized spacial score (nSPS) is 11.3. The molecule has 2 heteroatoms. The second kappa shape index (κ2) is 11.8. The molecule has 0 aliphatic rings. The van der Waals surface area contributed by atoms with Crippen LogP contribution >= 0.6 is 0 Å². The van der Waals surface area contributed by atoms with Gasteiger partial charge in [-0.2, -0.15) is 0 Å². The monoisotopic (exact) mass is 613 g/mol. The lowest BCUT2D eigenvalue weighted by Crippen LogP contribution is -2.12. The molecule has 1 aromatic heterocycles. The average Bonchev–Trinajstić information content (AvgIpc) is 3.54. The summed E-state index contributed by atoms with van der Waals surface area (Å²) in [6, 6.07) is 67.0. The van der Waals surface area contributed by atoms with Crippen LogP contribution in [0.25, 0.3) is 66.1 Å². The lowest BCUT2D eigenvalue weighted by molar-refractivity contribution is 0.669. The van der Waals surface area contributed by atoms with Gasteiger partial charge in [0.1, 0.15) is 11.2 Å². The van der Waals surface area contributed by atoms with Crippen molar-refractivity contribution in [2.75, 3.05) is 4.90 Å². The lowest BCUT2D eigenvalue weighted by Gasteiger charge is -2.30. The van der Waals surface area contributed by atoms with Crippen LogP contribution in [0.1, 0.15) is 0 Å². The molecule has 9 rings (SSSR count). The molecule has 0 radical (unpaired) electrons. The van der Waals surface area contributed by atoms with Crippen LogP contribution in [-0.4, -0.2) is 0 Å². The zero-order valence-corrected chi connectivity index (χ0v) is 26.3. The molecule has 2 nitrogen and oxygen atoms in total. The molecule has 0 saturated heterocycles. The van der Waals surface area contributed by atoms with Crippen molar-refractivity contribution in [3.8, 4) is 33.4 Å². The Kier molecular flexibility index (Phi) is 6.84. The molecule has 0 aliphatic heterocycles. The molecule has 0 saturated carbocycles. The summed E-state index contributed by atoms with van der Waals surface area (Å²) in [7, 11) is 0. The van der Waals surface area contributed by atoms with Gasteiger partial charge in [-0.3, -0.25) is 0 Å². The highest BCUT2D eigenvalue weighted by Gasteiger charge is 2.22. The molecule has 9 aromatic rings. The molecule has 0 spiro atoms. The molecule has 0 atom stereocenters. The van der Waals surface area contributed by atoms with E-state index in [1.807, 2.05) is 12.1 Å². The van der Waals surface area contributed by atoms with Gasteiger partial charge in [-0.1, -0.05) is 152 Å². The van der Waals surface area contributed by atoms with Gasteiger partial charge in [0.05, 0.1) is 11.4 Å². The van der Waals surface area contributed by atoms with E-state index in [0.717, 1.165) is 66.8 Å². The van der Waals surface area contributed by atoms with E-state index < -0.39 is 0 Å². The fourth-order valence-corrected chi connectivity index (χ4v) is 7.02. The van der Waals surface area contributed by atoms with Crippen molar-refractivity contribution in [2.45, 2.75) is 0 Å². The van der Waals surface area contributed by atoms with Crippen molar-refractivity contribution in [1.29, 1.82) is 0 Å². The van der Waals surface area contributed by atoms with E-state index in [1.54, 1.807) is 0 Å². The third-order valence-electron chi connectivity index (χ3n) is 9.27. The van der Waals surface area contributed by atoms with Crippen molar-refractivity contribution in [3.63, 3.8) is 0 Å². The second-order valence-corrected chi connectivity index (χ2v) is 12.1. The number of para-hydroxylation sites is 2. The highest BCUT2D eigenvalue weighted by Crippen LogP contribution is 2.47. The van der Waals surface area contributed by atoms with Gasteiger partial charge in [0.2, 0.25) is 0 Å². The first-order valence-electron chi connectivity index (χ1n) is 16.4. The quantitative estimate of drug-likeness (QED) is 0.185. The van der Waals surface area contributed by atoms with Crippen LogP contribution in [0.5, 0.6) is 0 Å². The van der Waals surface area contributed by atoms with Crippen LogP contribution in [0.4, 0.5) is 17.1 Å². The molecule has 1 heterocycles. The van der Waals surface area contributed by atoms with Crippen molar-refractivity contribution < 1.29 is 4.42 Å². The standard InChI is InChI=1S/C46H31NO/c1-3-14-33(15-4-1)39-21-9-11-24-43(39)47(36-27-29-42-41-22-10-12-25-45(41)48-46(42)31-36)44-30-35(26-28-40(44)34-16-5-2-6-17-34)38-23-13-19-32-18-7-8-20-37(32)38/h1-31H. The Hall–Kier alpha value is -6.38. The van der Waals surface area contributed by atoms with Gasteiger partial charge in [-0.15, -0.1) is 0 Å². The number of hydrogen-bond donors (Lipinski definition) is 0. The number of hydrogen-bond acceptors (Lipinski definition) is 2. The Labute approximate surface area is 279 Å². The van der Waals surface area contributed by atoms with Gasteiger partial charge < -0.3 is 9.32 Å². The maximum atomic E-state index is 6.46. The number of furan rings is 1. The summed E-state index contributed by atoms with van der Waals surface area (Å²) in [5.41, 5.74) is 11.9. The number of anilines is 3. The smallest absolute Gasteiger partial charge is 0.137 e. The number of rotatable bonds is 6. The van der Waals surface area contributed by atoms with Crippen LogP contribution in [0.2, 0.25) is 0 Å². The number of fused-ring (bicyclic) bond motifs is 4. The molecular weight excluding hydrogens is 583 g/mol. The minimum Gasteiger partial charge on any atom is -0.456 e. The van der Waals surface area contributed by atoms with Crippen molar-refractivity contribution in [1.82, 2.24) is 0 Å². The van der Waals surface area contributed by atoms with E-state index in [2.05, 4.69) is 181 Å². The van der Waals surface area contributed by atoms with Crippen molar-refractivity contribution in [3.05, 3.63) is 188 Å². The van der Waals surface area contributed by atoms with Crippen LogP contribution in [0, 0.1) is 0 Å². The van der Waals surface area contributed by atoms with Crippen molar-refractivity contribution in [2.24, 2.45) is 0 Å². The highest BCUT2D eigenvalue weighted by atomic mass is 16.3. The number of nitrogens with zero attached hydrogens (tertiary/aromatic N) is 1. The van der Waals surface area contributed by atoms with Crippen LogP contribution in [-0.2, 0) is 0 Å². The lowest BCUT2D eigenvalue weighted by atomic mass is 9.93. The summed E-state index contributed by atoms with van der Waals surface area (Å²) < 4.78 is 6.46. The molecule has 8 aromatic carbocycles. The fraction of sp³-hybridized carbons (Fsp3) is 0. The van der Waals surface area contributed by atoms with Crippen LogP contribution < -0.4 is 4.90 Å². The summed E-state index contributed by atoms with van der Waals surface area (Å²) in [5.74, 6) is 0. The average molecular weight is 614 g/mol. The van der Waals surface area contributed by atoms with E-state index >= 15 is 0 Å². The van der Waals surface area contributed by atoms with Gasteiger partial charge >= 0.3 is 0 Å². The minimum absolute atomic E-state index is 0.863. The fourth-order valence-electron chi connectivity index (χ4n) is 7.02. The Morgan fingerprint density at radius 3 is 1.75 bits per heavy atom. The van der Waals surface area contributed by atoms with Gasteiger partial charge in [0.15, 0.2) is 0 Å². The molecule has 0 fully saturated rings. The van der Waals surface area contributed by atoms with Crippen molar-refractivity contribution >= 4 is 49.8 Å². The molecule has 48 heavy (non-hydrogen) atoms. The second-order valence-electron chi connectivity index (χ2n) is 12.1. The minimum atomic E-state index is 0.863. The summed E-state index contributed by atoms with van der Waals surface area (Å²) in [6.07, 6.45) is 0. The third kappa shape index (κ3) is 4.83. The summed E-state index contributed by atoms with van der Waals surface area (Å²) in [5, 5.41) is 4.69. The number of benzene rings is 8. The topological polar surface area (TPSA) is 16.4 Å². The van der Waals surface area contributed by atoms with E-state index in [-0.39, 0.29) is 0 Å². The Morgan fingerprint density at radius 1 is 0.333 bits per heavy atom. The van der Waals surface area contributed by atoms with E-state index in [9.17, 15) is 0 Å². The SMILES string of the molecule is c1ccc(-c2ccccc2N(c2ccc3c(c2)oc2ccccc23)c2cc(-c3cccc4ccccc34)ccc2-c2ccccc2)cc1. The Balaban J connectivity index is 1.35. The first kappa shape index (κ1) is 27.9. The van der Waals surface area contributed by atoms with Gasteiger partial charge in [0, 0.05) is 33.7 Å². The van der Waals surface area contributed by atoms with E-state index in [1.165, 1.54) is 16.3 Å². The summed E-state index contributed by atoms with van der Waals surface area (Å²) in [6.45, 7) is 0. The summed E-state index contributed by atoms with van der Waals surface area (Å²) in [4.78, 5) is 2.41. The molecule has 0 N–H and O–H groups in total. The first-order valence-corrected chi connectivity index (χ1v) is 16.4. The first-order chi connectivity index (χ1) is 23.8. The maximum Gasteiger partial charge on any atom is 0.137 e. The van der Waals surface area contributed by atoms with E-state index in [4.69, 9.17) is 4.42 Å². The zero-order valence-electron chi connectivity index (χ0n) is 26.3. The molecule has 0 aliphatic carbocycles. The van der Waals surface area contributed by atoms with Gasteiger partial charge in [0.25, 0.3) is 0 Å². The van der Waals surface area contributed by atoms with Gasteiger partial charge in [-0.25, -0.2) is 0 Å². The van der Waals surface area contributed by atoms with Gasteiger partial charge in [-0.05, 0) is 63.4 Å². The predicted octanol–water partition coefficient (Wildman–Crippen LogP) is 13.2. The molecule has 226 valence electrons. The maximum absolute atomic E-state index is 6.46. The molecule has 0 bridgehead atoms. The Morgan fingerprint density at radius 2 is 0.938 bits per heavy atom. The van der Waals surface area contributed by atoms with Crippen LogP contribution in [0.3, 0.4) is 0 Å². The van der Waals surface area contributed by atoms with Crippen LogP contribution in [0.15, 0.2) is 192 Å². The molecule has 0 unspecified atom stereocenters. The molecular formula is C46H31NO. The largest absolute Gasteiger partial charge is 0.456 e.